The van der Waals surface area contributed by atoms with E-state index in [1.54, 1.807) is 6.20 Å². The molecule has 3 heterocycles. The Bertz CT molecular complexity index is 828. The molecule has 2 aromatic heterocycles. The molecule has 6 nitrogen and oxygen atoms in total. The smallest absolute Gasteiger partial charge is 0.150 e. The Morgan fingerprint density at radius 1 is 1.00 bits per heavy atom. The first-order chi connectivity index (χ1) is 12.9. The number of nitrogens with one attached hydrogen (secondary N) is 1. The van der Waals surface area contributed by atoms with E-state index in [1.807, 2.05) is 60.8 Å². The van der Waals surface area contributed by atoms with Crippen molar-refractivity contribution in [2.24, 2.45) is 0 Å². The first-order valence-electron chi connectivity index (χ1n) is 8.75. The predicted molar refractivity (Wildman–Crippen MR) is 100.0 cm³/mol. The molecule has 0 radical (unpaired) electrons. The normalized spacial score (nSPS) is 17.8. The second-order valence-corrected chi connectivity index (χ2v) is 6.17. The molecule has 1 saturated heterocycles. The van der Waals surface area contributed by atoms with Gasteiger partial charge >= 0.3 is 0 Å². The minimum Gasteiger partial charge on any atom is -0.378 e. The van der Waals surface area contributed by atoms with Gasteiger partial charge in [-0.15, -0.1) is 0 Å². The molecule has 1 N–H and O–H groups in total. The van der Waals surface area contributed by atoms with Crippen molar-refractivity contribution in [1.29, 1.82) is 0 Å². The fraction of sp³-hybridized carbons (Fsp3) is 0.250. The minimum atomic E-state index is 0.0169. The molecule has 132 valence electrons. The van der Waals surface area contributed by atoms with Crippen molar-refractivity contribution in [3.8, 4) is 0 Å². The van der Waals surface area contributed by atoms with E-state index < -0.39 is 0 Å². The van der Waals surface area contributed by atoms with Crippen LogP contribution < -0.4 is 5.32 Å². The quantitative estimate of drug-likeness (QED) is 0.765. The molecule has 26 heavy (non-hydrogen) atoms. The highest BCUT2D eigenvalue weighted by molar-refractivity contribution is 5.55. The monoisotopic (exact) mass is 347 g/mol. The van der Waals surface area contributed by atoms with Gasteiger partial charge in [-0.3, -0.25) is 9.88 Å². The lowest BCUT2D eigenvalue weighted by molar-refractivity contribution is -0.0164. The largest absolute Gasteiger partial charge is 0.378 e. The standard InChI is InChI=1S/C20H21N5O/c1-2-6-16(7-3-1)23-19-9-11-22-20(24-19)18-15-26-13-12-25(18)14-17-8-4-5-10-21-17/h1-11,18H,12-15H2,(H,22,23,24). The molecule has 6 heteroatoms. The van der Waals surface area contributed by atoms with Gasteiger partial charge in [-0.25, -0.2) is 9.97 Å². The number of ether oxygens (including phenoxy) is 1. The molecule has 0 spiro atoms. The maximum atomic E-state index is 5.70. The van der Waals surface area contributed by atoms with Crippen LogP contribution in [0.2, 0.25) is 0 Å². The van der Waals surface area contributed by atoms with Crippen molar-refractivity contribution < 1.29 is 4.74 Å². The highest BCUT2D eigenvalue weighted by atomic mass is 16.5. The van der Waals surface area contributed by atoms with E-state index >= 15 is 0 Å². The van der Waals surface area contributed by atoms with E-state index in [1.165, 1.54) is 0 Å². The number of morpholine rings is 1. The number of nitrogens with zero attached hydrogens (tertiary/aromatic N) is 4. The van der Waals surface area contributed by atoms with Gasteiger partial charge in [0.05, 0.1) is 24.9 Å². The van der Waals surface area contributed by atoms with Gasteiger partial charge in [0.25, 0.3) is 0 Å². The maximum Gasteiger partial charge on any atom is 0.150 e. The van der Waals surface area contributed by atoms with Crippen molar-refractivity contribution in [3.05, 3.63) is 78.5 Å². The Hall–Kier alpha value is -2.83. The number of rotatable bonds is 5. The highest BCUT2D eigenvalue weighted by Crippen LogP contribution is 2.24. The SMILES string of the molecule is c1ccc(Nc2ccnc(C3COCCN3Cc3ccccn3)n2)cc1. The third-order valence-electron chi connectivity index (χ3n) is 4.35. The second-order valence-electron chi connectivity index (χ2n) is 6.17. The molecule has 1 aliphatic rings. The number of pyridine rings is 1. The van der Waals surface area contributed by atoms with Gasteiger partial charge in [-0.1, -0.05) is 24.3 Å². The summed E-state index contributed by atoms with van der Waals surface area (Å²) in [5.41, 5.74) is 2.04. The Kier molecular flexibility index (Phi) is 5.14. The number of para-hydroxylation sites is 1. The topological polar surface area (TPSA) is 63.2 Å². The molecular formula is C20H21N5O. The van der Waals surface area contributed by atoms with Gasteiger partial charge in [0.1, 0.15) is 11.6 Å². The number of benzene rings is 1. The Labute approximate surface area is 152 Å². The lowest BCUT2D eigenvalue weighted by Crippen LogP contribution is -2.40. The van der Waals surface area contributed by atoms with E-state index in [0.29, 0.717) is 13.2 Å². The first-order valence-corrected chi connectivity index (χ1v) is 8.75. The average molecular weight is 347 g/mol. The van der Waals surface area contributed by atoms with Crippen molar-refractivity contribution >= 4 is 11.5 Å². The van der Waals surface area contributed by atoms with E-state index in [4.69, 9.17) is 9.72 Å². The van der Waals surface area contributed by atoms with Crippen LogP contribution >= 0.6 is 0 Å². The van der Waals surface area contributed by atoms with Crippen LogP contribution in [-0.4, -0.2) is 39.6 Å². The van der Waals surface area contributed by atoms with Crippen LogP contribution in [0.25, 0.3) is 0 Å². The summed E-state index contributed by atoms with van der Waals surface area (Å²) in [6.45, 7) is 2.89. The molecule has 0 amide bonds. The maximum absolute atomic E-state index is 5.70. The van der Waals surface area contributed by atoms with Crippen LogP contribution in [0.3, 0.4) is 0 Å². The Balaban J connectivity index is 1.53. The lowest BCUT2D eigenvalue weighted by atomic mass is 10.2. The molecule has 1 aliphatic heterocycles. The molecule has 0 aliphatic carbocycles. The van der Waals surface area contributed by atoms with Crippen molar-refractivity contribution in [2.45, 2.75) is 12.6 Å². The Morgan fingerprint density at radius 3 is 2.73 bits per heavy atom. The van der Waals surface area contributed by atoms with Crippen molar-refractivity contribution in [3.63, 3.8) is 0 Å². The van der Waals surface area contributed by atoms with Crippen LogP contribution in [0, 0.1) is 0 Å². The third-order valence-corrected chi connectivity index (χ3v) is 4.35. The molecule has 3 aromatic rings. The molecule has 1 aromatic carbocycles. The number of anilines is 2. The predicted octanol–water partition coefficient (Wildman–Crippen LogP) is 3.19. The molecule has 0 saturated carbocycles. The van der Waals surface area contributed by atoms with Gasteiger partial charge in [0.15, 0.2) is 0 Å². The Morgan fingerprint density at radius 2 is 1.88 bits per heavy atom. The van der Waals surface area contributed by atoms with Crippen LogP contribution in [-0.2, 0) is 11.3 Å². The molecular weight excluding hydrogens is 326 g/mol. The van der Waals surface area contributed by atoms with E-state index in [-0.39, 0.29) is 6.04 Å². The second kappa shape index (κ2) is 8.03. The zero-order valence-corrected chi connectivity index (χ0v) is 14.5. The molecule has 0 bridgehead atoms. The van der Waals surface area contributed by atoms with Crippen molar-refractivity contribution in [1.82, 2.24) is 19.9 Å². The van der Waals surface area contributed by atoms with Gasteiger partial charge in [-0.2, -0.15) is 0 Å². The minimum absolute atomic E-state index is 0.0169. The zero-order valence-electron chi connectivity index (χ0n) is 14.5. The summed E-state index contributed by atoms with van der Waals surface area (Å²) in [7, 11) is 0. The number of aromatic nitrogens is 3. The summed E-state index contributed by atoms with van der Waals surface area (Å²) in [4.78, 5) is 16.0. The van der Waals surface area contributed by atoms with Crippen LogP contribution in [0.5, 0.6) is 0 Å². The van der Waals surface area contributed by atoms with E-state index in [9.17, 15) is 0 Å². The zero-order chi connectivity index (χ0) is 17.6. The van der Waals surface area contributed by atoms with Crippen molar-refractivity contribution in [2.75, 3.05) is 25.1 Å². The van der Waals surface area contributed by atoms with Crippen LogP contribution in [0.4, 0.5) is 11.5 Å². The van der Waals surface area contributed by atoms with Gasteiger partial charge in [0, 0.05) is 31.2 Å². The first kappa shape index (κ1) is 16.6. The highest BCUT2D eigenvalue weighted by Gasteiger charge is 2.27. The number of hydrogen-bond acceptors (Lipinski definition) is 6. The summed E-state index contributed by atoms with van der Waals surface area (Å²) < 4.78 is 5.70. The lowest BCUT2D eigenvalue weighted by Gasteiger charge is -2.34. The average Bonchev–Trinajstić information content (AvgIpc) is 2.70. The fourth-order valence-corrected chi connectivity index (χ4v) is 3.04. The van der Waals surface area contributed by atoms with Crippen LogP contribution in [0.15, 0.2) is 67.0 Å². The summed E-state index contributed by atoms with van der Waals surface area (Å²) in [6, 6.07) is 17.9. The summed E-state index contributed by atoms with van der Waals surface area (Å²) in [5.74, 6) is 1.55. The van der Waals surface area contributed by atoms with Gasteiger partial charge in [-0.05, 0) is 30.3 Å². The summed E-state index contributed by atoms with van der Waals surface area (Å²) >= 11 is 0. The van der Waals surface area contributed by atoms with E-state index in [2.05, 4.69) is 20.2 Å². The molecule has 1 unspecified atom stereocenters. The summed E-state index contributed by atoms with van der Waals surface area (Å²) in [5, 5.41) is 3.33. The molecule has 1 fully saturated rings. The molecule has 1 atom stereocenters. The van der Waals surface area contributed by atoms with Crippen LogP contribution in [0.1, 0.15) is 17.6 Å². The van der Waals surface area contributed by atoms with Gasteiger partial charge in [0.2, 0.25) is 0 Å². The van der Waals surface area contributed by atoms with Gasteiger partial charge < -0.3 is 10.1 Å². The van der Waals surface area contributed by atoms with E-state index in [0.717, 1.165) is 36.1 Å². The summed E-state index contributed by atoms with van der Waals surface area (Å²) in [6.07, 6.45) is 3.62. The number of hydrogen-bond donors (Lipinski definition) is 1. The fourth-order valence-electron chi connectivity index (χ4n) is 3.04. The molecule has 4 rings (SSSR count). The third kappa shape index (κ3) is 4.04.